The highest BCUT2D eigenvalue weighted by Crippen LogP contribution is 2.33. The summed E-state index contributed by atoms with van der Waals surface area (Å²) in [5, 5.41) is 9.17. The molecule has 96 valence electrons. The Kier molecular flexibility index (Phi) is 4.38. The van der Waals surface area contributed by atoms with E-state index in [0.29, 0.717) is 5.92 Å². The van der Waals surface area contributed by atoms with Crippen molar-refractivity contribution in [2.45, 2.75) is 39.2 Å². The van der Waals surface area contributed by atoms with E-state index in [9.17, 15) is 0 Å². The van der Waals surface area contributed by atoms with Crippen molar-refractivity contribution in [2.24, 2.45) is 11.8 Å². The second-order valence-corrected chi connectivity index (χ2v) is 5.51. The second kappa shape index (κ2) is 6.02. The van der Waals surface area contributed by atoms with Crippen LogP contribution in [0.5, 0.6) is 0 Å². The number of benzene rings is 1. The van der Waals surface area contributed by atoms with Crippen molar-refractivity contribution in [3.63, 3.8) is 0 Å². The van der Waals surface area contributed by atoms with E-state index in [-0.39, 0.29) is 12.0 Å². The van der Waals surface area contributed by atoms with Crippen LogP contribution in [0.15, 0.2) is 24.3 Å². The summed E-state index contributed by atoms with van der Waals surface area (Å²) in [5.74, 6) is 0.684. The zero-order chi connectivity index (χ0) is 13.0. The van der Waals surface area contributed by atoms with E-state index < -0.39 is 0 Å². The molecule has 2 heteroatoms. The number of nitriles is 1. The monoisotopic (exact) mass is 243 g/mol. The number of nitrogens with zero attached hydrogens (tertiary/aromatic N) is 1. The van der Waals surface area contributed by atoms with Crippen molar-refractivity contribution in [1.29, 1.82) is 5.26 Å². The first kappa shape index (κ1) is 13.1. The molecule has 1 saturated heterocycles. The van der Waals surface area contributed by atoms with Gasteiger partial charge in [0.25, 0.3) is 0 Å². The molecule has 1 aromatic rings. The van der Waals surface area contributed by atoms with Crippen LogP contribution in [0.3, 0.4) is 0 Å². The fourth-order valence-corrected chi connectivity index (χ4v) is 2.56. The minimum absolute atomic E-state index is 0.00898. The summed E-state index contributed by atoms with van der Waals surface area (Å²) in [6.07, 6.45) is 3.03. The van der Waals surface area contributed by atoms with Gasteiger partial charge in [-0.15, -0.1) is 0 Å². The molecule has 0 amide bonds. The predicted octanol–water partition coefficient (Wildman–Crippen LogP) is 3.88. The number of hydrogen-bond donors (Lipinski definition) is 0. The standard InChI is InChI=1S/C16H21NO/c1-12(2)10-13-5-7-14(8-6-13)16-15(11-17)4-3-9-18-16/h5-8,12,15-16H,3-4,9-10H2,1-2H3. The molecule has 2 nitrogen and oxygen atoms in total. The Morgan fingerprint density at radius 3 is 2.67 bits per heavy atom. The van der Waals surface area contributed by atoms with Crippen LogP contribution in [0.2, 0.25) is 0 Å². The summed E-state index contributed by atoms with van der Waals surface area (Å²) in [7, 11) is 0. The first-order chi connectivity index (χ1) is 8.70. The van der Waals surface area contributed by atoms with E-state index >= 15 is 0 Å². The average Bonchev–Trinajstić information content (AvgIpc) is 2.39. The molecule has 1 aliphatic rings. The lowest BCUT2D eigenvalue weighted by molar-refractivity contribution is -0.0101. The lowest BCUT2D eigenvalue weighted by Gasteiger charge is -2.27. The molecule has 1 aliphatic heterocycles. The molecule has 0 saturated carbocycles. The van der Waals surface area contributed by atoms with Crippen LogP contribution in [0.4, 0.5) is 0 Å². The van der Waals surface area contributed by atoms with Gasteiger partial charge in [-0.1, -0.05) is 38.1 Å². The molecule has 0 N–H and O–H groups in total. The Bertz CT molecular complexity index is 416. The van der Waals surface area contributed by atoms with Gasteiger partial charge in [-0.3, -0.25) is 0 Å². The van der Waals surface area contributed by atoms with Crippen molar-refractivity contribution in [2.75, 3.05) is 6.61 Å². The van der Waals surface area contributed by atoms with E-state index in [1.807, 2.05) is 0 Å². The van der Waals surface area contributed by atoms with Crippen LogP contribution in [0.1, 0.15) is 43.9 Å². The van der Waals surface area contributed by atoms with E-state index in [0.717, 1.165) is 31.4 Å². The molecule has 0 radical (unpaired) electrons. The molecular weight excluding hydrogens is 222 g/mol. The molecule has 18 heavy (non-hydrogen) atoms. The average molecular weight is 243 g/mol. The minimum atomic E-state index is -0.0307. The summed E-state index contributed by atoms with van der Waals surface area (Å²) in [4.78, 5) is 0. The maximum Gasteiger partial charge on any atom is 0.0982 e. The van der Waals surface area contributed by atoms with Gasteiger partial charge < -0.3 is 4.74 Å². The Morgan fingerprint density at radius 2 is 2.06 bits per heavy atom. The first-order valence-corrected chi connectivity index (χ1v) is 6.80. The molecule has 0 spiro atoms. The smallest absolute Gasteiger partial charge is 0.0982 e. The van der Waals surface area contributed by atoms with Crippen LogP contribution in [0, 0.1) is 23.2 Å². The lowest BCUT2D eigenvalue weighted by atomic mass is 9.90. The van der Waals surface area contributed by atoms with Crippen LogP contribution in [0.25, 0.3) is 0 Å². The zero-order valence-corrected chi connectivity index (χ0v) is 11.2. The van der Waals surface area contributed by atoms with Crippen molar-refractivity contribution in [3.05, 3.63) is 35.4 Å². The third kappa shape index (κ3) is 3.11. The molecule has 1 fully saturated rings. The van der Waals surface area contributed by atoms with Crippen LogP contribution >= 0.6 is 0 Å². The largest absolute Gasteiger partial charge is 0.372 e. The predicted molar refractivity (Wildman–Crippen MR) is 72.0 cm³/mol. The maximum absolute atomic E-state index is 9.17. The van der Waals surface area contributed by atoms with Gasteiger partial charge in [0.05, 0.1) is 18.1 Å². The first-order valence-electron chi connectivity index (χ1n) is 6.80. The molecule has 0 aromatic heterocycles. The molecule has 1 aromatic carbocycles. The number of hydrogen-bond acceptors (Lipinski definition) is 2. The summed E-state index contributed by atoms with van der Waals surface area (Å²) in [5.41, 5.74) is 2.51. The van der Waals surface area contributed by atoms with E-state index in [4.69, 9.17) is 10.00 Å². The molecule has 0 bridgehead atoms. The summed E-state index contributed by atoms with van der Waals surface area (Å²) in [6, 6.07) is 11.0. The van der Waals surface area contributed by atoms with Gasteiger partial charge in [0, 0.05) is 6.61 Å². The Hall–Kier alpha value is -1.33. The van der Waals surface area contributed by atoms with Gasteiger partial charge in [0.1, 0.15) is 0 Å². The Morgan fingerprint density at radius 1 is 1.33 bits per heavy atom. The lowest BCUT2D eigenvalue weighted by Crippen LogP contribution is -2.21. The maximum atomic E-state index is 9.17. The van der Waals surface area contributed by atoms with Gasteiger partial charge in [0.2, 0.25) is 0 Å². The summed E-state index contributed by atoms with van der Waals surface area (Å²) in [6.45, 7) is 5.23. The van der Waals surface area contributed by atoms with Crippen LogP contribution in [-0.2, 0) is 11.2 Å². The van der Waals surface area contributed by atoms with Crippen LogP contribution in [-0.4, -0.2) is 6.61 Å². The number of rotatable bonds is 3. The van der Waals surface area contributed by atoms with E-state index in [1.54, 1.807) is 0 Å². The summed E-state index contributed by atoms with van der Waals surface area (Å²) >= 11 is 0. The Balaban J connectivity index is 2.11. The Labute approximate surface area is 110 Å². The number of ether oxygens (including phenoxy) is 1. The fourth-order valence-electron chi connectivity index (χ4n) is 2.56. The van der Waals surface area contributed by atoms with Crippen LogP contribution < -0.4 is 0 Å². The van der Waals surface area contributed by atoms with Crippen molar-refractivity contribution in [3.8, 4) is 6.07 Å². The van der Waals surface area contributed by atoms with Crippen molar-refractivity contribution >= 4 is 0 Å². The highest BCUT2D eigenvalue weighted by molar-refractivity contribution is 5.26. The van der Waals surface area contributed by atoms with Gasteiger partial charge in [-0.2, -0.15) is 5.26 Å². The van der Waals surface area contributed by atoms with E-state index in [1.165, 1.54) is 5.56 Å². The quantitative estimate of drug-likeness (QED) is 0.807. The molecule has 2 unspecified atom stereocenters. The minimum Gasteiger partial charge on any atom is -0.372 e. The van der Waals surface area contributed by atoms with Gasteiger partial charge in [-0.05, 0) is 36.3 Å². The summed E-state index contributed by atoms with van der Waals surface area (Å²) < 4.78 is 5.77. The highest BCUT2D eigenvalue weighted by Gasteiger charge is 2.27. The fraction of sp³-hybridized carbons (Fsp3) is 0.562. The topological polar surface area (TPSA) is 33.0 Å². The van der Waals surface area contributed by atoms with Gasteiger partial charge in [-0.25, -0.2) is 0 Å². The normalized spacial score (nSPS) is 23.9. The highest BCUT2D eigenvalue weighted by atomic mass is 16.5. The molecule has 2 rings (SSSR count). The molecule has 0 aliphatic carbocycles. The molecule has 2 atom stereocenters. The molecule has 1 heterocycles. The third-order valence-corrected chi connectivity index (χ3v) is 3.44. The second-order valence-electron chi connectivity index (χ2n) is 5.51. The van der Waals surface area contributed by atoms with Crippen molar-refractivity contribution < 1.29 is 4.74 Å². The zero-order valence-electron chi connectivity index (χ0n) is 11.2. The van der Waals surface area contributed by atoms with E-state index in [2.05, 4.69) is 44.2 Å². The molecular formula is C16H21NO. The van der Waals surface area contributed by atoms with Gasteiger partial charge in [0.15, 0.2) is 0 Å². The van der Waals surface area contributed by atoms with Gasteiger partial charge >= 0.3 is 0 Å². The van der Waals surface area contributed by atoms with Crippen molar-refractivity contribution in [1.82, 2.24) is 0 Å². The SMILES string of the molecule is CC(C)Cc1ccc(C2OCCCC2C#N)cc1. The third-order valence-electron chi connectivity index (χ3n) is 3.44.